The van der Waals surface area contributed by atoms with Crippen molar-refractivity contribution in [2.75, 3.05) is 17.7 Å². The fourth-order valence-electron chi connectivity index (χ4n) is 1.89. The monoisotopic (exact) mass is 257 g/mol. The highest BCUT2D eigenvalue weighted by Crippen LogP contribution is 2.24. The molecule has 0 heterocycles. The molecule has 2 aromatic rings. The van der Waals surface area contributed by atoms with Crippen LogP contribution >= 0.6 is 0 Å². The van der Waals surface area contributed by atoms with E-state index in [1.165, 1.54) is 6.07 Å². The van der Waals surface area contributed by atoms with Crippen molar-refractivity contribution in [2.24, 2.45) is 0 Å². The third kappa shape index (κ3) is 3.01. The lowest BCUT2D eigenvalue weighted by molar-refractivity contribution is -0.384. The summed E-state index contributed by atoms with van der Waals surface area (Å²) >= 11 is 0. The Labute approximate surface area is 111 Å². The van der Waals surface area contributed by atoms with E-state index in [0.717, 1.165) is 11.3 Å². The van der Waals surface area contributed by atoms with Crippen LogP contribution in [0.3, 0.4) is 0 Å². The van der Waals surface area contributed by atoms with E-state index < -0.39 is 4.92 Å². The van der Waals surface area contributed by atoms with Crippen molar-refractivity contribution < 1.29 is 4.92 Å². The van der Waals surface area contributed by atoms with Gasteiger partial charge in [0.2, 0.25) is 0 Å². The lowest BCUT2D eigenvalue weighted by Crippen LogP contribution is -2.16. The zero-order valence-corrected chi connectivity index (χ0v) is 10.6. The highest BCUT2D eigenvalue weighted by molar-refractivity contribution is 5.59. The molecule has 2 aromatic carbocycles. The van der Waals surface area contributed by atoms with Gasteiger partial charge in [-0.1, -0.05) is 24.3 Å². The second-order valence-electron chi connectivity index (χ2n) is 4.34. The Balaban J connectivity index is 2.20. The molecule has 0 spiro atoms. The zero-order chi connectivity index (χ0) is 13.8. The van der Waals surface area contributed by atoms with Crippen LogP contribution in [0, 0.1) is 10.1 Å². The first kappa shape index (κ1) is 12.9. The molecule has 2 rings (SSSR count). The molecule has 0 aromatic heterocycles. The van der Waals surface area contributed by atoms with Crippen LogP contribution in [0.25, 0.3) is 0 Å². The van der Waals surface area contributed by atoms with Gasteiger partial charge in [0.1, 0.15) is 5.69 Å². The molecule has 5 heteroatoms. The van der Waals surface area contributed by atoms with Gasteiger partial charge in [0.25, 0.3) is 5.69 Å². The second-order valence-corrected chi connectivity index (χ2v) is 4.34. The van der Waals surface area contributed by atoms with Crippen molar-refractivity contribution in [1.82, 2.24) is 0 Å². The Morgan fingerprint density at radius 2 is 1.89 bits per heavy atom. The number of nitro groups is 1. The number of rotatable bonds is 4. The molecule has 0 saturated carbocycles. The van der Waals surface area contributed by atoms with E-state index in [-0.39, 0.29) is 11.4 Å². The van der Waals surface area contributed by atoms with Crippen LogP contribution in [0.15, 0.2) is 48.5 Å². The molecule has 0 atom stereocenters. The molecule has 0 aliphatic heterocycles. The van der Waals surface area contributed by atoms with Gasteiger partial charge in [0.05, 0.1) is 4.92 Å². The quantitative estimate of drug-likeness (QED) is 0.519. The maximum atomic E-state index is 10.8. The second kappa shape index (κ2) is 5.39. The van der Waals surface area contributed by atoms with Gasteiger partial charge >= 0.3 is 0 Å². The summed E-state index contributed by atoms with van der Waals surface area (Å²) in [4.78, 5) is 12.4. The smallest absolute Gasteiger partial charge is 0.292 e. The van der Waals surface area contributed by atoms with Crippen LogP contribution in [0.5, 0.6) is 0 Å². The van der Waals surface area contributed by atoms with Crippen LogP contribution in [-0.4, -0.2) is 12.0 Å². The average Bonchev–Trinajstić information content (AvgIpc) is 2.41. The van der Waals surface area contributed by atoms with Crippen LogP contribution < -0.4 is 10.6 Å². The molecule has 98 valence electrons. The number of nitro benzene ring substituents is 1. The summed E-state index contributed by atoms with van der Waals surface area (Å²) in [6.45, 7) is 0.588. The Bertz CT molecular complexity index is 584. The van der Waals surface area contributed by atoms with Crippen LogP contribution in [0.1, 0.15) is 5.56 Å². The van der Waals surface area contributed by atoms with E-state index in [1.807, 2.05) is 48.3 Å². The largest absolute Gasteiger partial charge is 0.393 e. The van der Waals surface area contributed by atoms with Crippen LogP contribution in [0.2, 0.25) is 0 Å². The SMILES string of the molecule is CN(Cc1ccc(N)c([N+](=O)[O-])c1)c1ccccc1. The fraction of sp³-hybridized carbons (Fsp3) is 0.143. The Kier molecular flexibility index (Phi) is 3.66. The van der Waals surface area contributed by atoms with Gasteiger partial charge in [-0.3, -0.25) is 10.1 Å². The van der Waals surface area contributed by atoms with Gasteiger partial charge in [0, 0.05) is 25.3 Å². The van der Waals surface area contributed by atoms with Gasteiger partial charge in [-0.25, -0.2) is 0 Å². The van der Waals surface area contributed by atoms with Gasteiger partial charge in [0.15, 0.2) is 0 Å². The normalized spacial score (nSPS) is 10.2. The fourth-order valence-corrected chi connectivity index (χ4v) is 1.89. The highest BCUT2D eigenvalue weighted by Gasteiger charge is 2.12. The van der Waals surface area contributed by atoms with Crippen molar-refractivity contribution in [3.63, 3.8) is 0 Å². The lowest BCUT2D eigenvalue weighted by Gasteiger charge is -2.19. The third-order valence-corrected chi connectivity index (χ3v) is 2.91. The summed E-state index contributed by atoms with van der Waals surface area (Å²) < 4.78 is 0. The molecule has 0 aliphatic rings. The average molecular weight is 257 g/mol. The standard InChI is InChI=1S/C14H15N3O2/c1-16(12-5-3-2-4-6-12)10-11-7-8-13(15)14(9-11)17(18)19/h2-9H,10,15H2,1H3. The highest BCUT2D eigenvalue weighted by atomic mass is 16.6. The van der Waals surface area contributed by atoms with E-state index in [0.29, 0.717) is 6.54 Å². The van der Waals surface area contributed by atoms with E-state index in [9.17, 15) is 10.1 Å². The minimum absolute atomic E-state index is 0.0426. The molecular weight excluding hydrogens is 242 g/mol. The molecule has 0 saturated heterocycles. The molecule has 0 fully saturated rings. The van der Waals surface area contributed by atoms with Crippen molar-refractivity contribution in [2.45, 2.75) is 6.54 Å². The number of nitrogens with two attached hydrogens (primary N) is 1. The topological polar surface area (TPSA) is 72.4 Å². The Hall–Kier alpha value is -2.56. The van der Waals surface area contributed by atoms with Gasteiger partial charge in [-0.15, -0.1) is 0 Å². The first-order chi connectivity index (χ1) is 9.08. The molecule has 0 unspecified atom stereocenters. The van der Waals surface area contributed by atoms with Gasteiger partial charge in [-0.2, -0.15) is 0 Å². The first-order valence-electron chi connectivity index (χ1n) is 5.87. The number of nitrogens with zero attached hydrogens (tertiary/aromatic N) is 2. The zero-order valence-electron chi connectivity index (χ0n) is 10.6. The minimum Gasteiger partial charge on any atom is -0.393 e. The summed E-state index contributed by atoms with van der Waals surface area (Å²) in [5.41, 5.74) is 7.64. The van der Waals surface area contributed by atoms with Crippen LogP contribution in [0.4, 0.5) is 17.1 Å². The molecular formula is C14H15N3O2. The molecule has 0 aliphatic carbocycles. The minimum atomic E-state index is -0.457. The van der Waals surface area contributed by atoms with E-state index >= 15 is 0 Å². The number of hydrogen-bond acceptors (Lipinski definition) is 4. The predicted octanol–water partition coefficient (Wildman–Crippen LogP) is 2.81. The Morgan fingerprint density at radius 3 is 2.53 bits per heavy atom. The van der Waals surface area contributed by atoms with Crippen molar-refractivity contribution in [3.8, 4) is 0 Å². The summed E-state index contributed by atoms with van der Waals surface area (Å²) in [5.74, 6) is 0. The molecule has 2 N–H and O–H groups in total. The maximum absolute atomic E-state index is 10.8. The molecule has 0 amide bonds. The van der Waals surface area contributed by atoms with Gasteiger partial charge < -0.3 is 10.6 Å². The summed E-state index contributed by atoms with van der Waals surface area (Å²) in [5, 5.41) is 10.8. The molecule has 0 bridgehead atoms. The van der Waals surface area contributed by atoms with E-state index in [1.54, 1.807) is 6.07 Å². The first-order valence-corrected chi connectivity index (χ1v) is 5.87. The number of benzene rings is 2. The lowest BCUT2D eigenvalue weighted by atomic mass is 10.1. The molecule has 19 heavy (non-hydrogen) atoms. The van der Waals surface area contributed by atoms with Crippen molar-refractivity contribution in [1.29, 1.82) is 0 Å². The number of para-hydroxylation sites is 1. The number of nitrogen functional groups attached to an aromatic ring is 1. The van der Waals surface area contributed by atoms with Crippen molar-refractivity contribution in [3.05, 3.63) is 64.2 Å². The van der Waals surface area contributed by atoms with E-state index in [4.69, 9.17) is 5.73 Å². The molecule has 5 nitrogen and oxygen atoms in total. The van der Waals surface area contributed by atoms with Crippen molar-refractivity contribution >= 4 is 17.1 Å². The predicted molar refractivity (Wildman–Crippen MR) is 76.1 cm³/mol. The van der Waals surface area contributed by atoms with E-state index in [2.05, 4.69) is 0 Å². The third-order valence-electron chi connectivity index (χ3n) is 2.91. The van der Waals surface area contributed by atoms with Gasteiger partial charge in [-0.05, 0) is 23.8 Å². The summed E-state index contributed by atoms with van der Waals surface area (Å²) in [7, 11) is 1.94. The number of anilines is 2. The Morgan fingerprint density at radius 1 is 1.21 bits per heavy atom. The maximum Gasteiger partial charge on any atom is 0.292 e. The summed E-state index contributed by atoms with van der Waals surface area (Å²) in [6, 6.07) is 14.8. The summed E-state index contributed by atoms with van der Waals surface area (Å²) in [6.07, 6.45) is 0. The number of hydrogen-bond donors (Lipinski definition) is 1. The van der Waals surface area contributed by atoms with Crippen LogP contribution in [-0.2, 0) is 6.54 Å². The molecule has 0 radical (unpaired) electrons.